The van der Waals surface area contributed by atoms with E-state index in [2.05, 4.69) is 0 Å². The fraction of sp³-hybridized carbons (Fsp3) is 0.235. The standard InChI is InChI=1S/C17H17NO3S/c1-18-12-6-4-5-7-15(12)22-16(17(18)19)11-8-9-13(20-2)14(10-11)21-3/h4-10,16H,1-3H3. The molecule has 114 valence electrons. The van der Waals surface area contributed by atoms with Gasteiger partial charge in [-0.15, -0.1) is 11.8 Å². The van der Waals surface area contributed by atoms with Gasteiger partial charge in [-0.1, -0.05) is 18.2 Å². The summed E-state index contributed by atoms with van der Waals surface area (Å²) in [6.45, 7) is 0. The molecule has 2 aromatic rings. The van der Waals surface area contributed by atoms with Crippen molar-refractivity contribution in [3.05, 3.63) is 48.0 Å². The number of rotatable bonds is 3. The van der Waals surface area contributed by atoms with Crippen molar-refractivity contribution in [1.82, 2.24) is 0 Å². The molecule has 0 spiro atoms. The number of carbonyl (C=O) groups excluding carboxylic acids is 1. The zero-order valence-electron chi connectivity index (χ0n) is 12.7. The SMILES string of the molecule is COc1ccc(C2Sc3ccccc3N(C)C2=O)cc1OC. The molecule has 0 saturated carbocycles. The Morgan fingerprint density at radius 1 is 1.05 bits per heavy atom. The number of thioether (sulfide) groups is 1. The minimum absolute atomic E-state index is 0.0657. The molecule has 1 heterocycles. The van der Waals surface area contributed by atoms with Crippen molar-refractivity contribution in [3.8, 4) is 11.5 Å². The van der Waals surface area contributed by atoms with Crippen LogP contribution in [0, 0.1) is 0 Å². The Bertz CT molecular complexity index is 717. The van der Waals surface area contributed by atoms with Crippen LogP contribution in [0.25, 0.3) is 0 Å². The van der Waals surface area contributed by atoms with E-state index in [0.29, 0.717) is 11.5 Å². The number of amides is 1. The lowest BCUT2D eigenvalue weighted by Crippen LogP contribution is -2.33. The van der Waals surface area contributed by atoms with Gasteiger partial charge in [-0.25, -0.2) is 0 Å². The predicted molar refractivity (Wildman–Crippen MR) is 88.0 cm³/mol. The fourth-order valence-electron chi connectivity index (χ4n) is 2.53. The molecule has 1 amide bonds. The molecule has 0 aliphatic carbocycles. The van der Waals surface area contributed by atoms with Gasteiger partial charge < -0.3 is 14.4 Å². The third-order valence-electron chi connectivity index (χ3n) is 3.74. The quantitative estimate of drug-likeness (QED) is 0.869. The number of anilines is 1. The molecular weight excluding hydrogens is 298 g/mol. The Morgan fingerprint density at radius 2 is 1.77 bits per heavy atom. The number of carbonyl (C=O) groups is 1. The number of para-hydroxylation sites is 1. The first-order valence-electron chi connectivity index (χ1n) is 6.91. The molecule has 4 nitrogen and oxygen atoms in total. The molecule has 1 unspecified atom stereocenters. The van der Waals surface area contributed by atoms with E-state index in [9.17, 15) is 4.79 Å². The summed E-state index contributed by atoms with van der Waals surface area (Å²) in [5.74, 6) is 1.36. The summed E-state index contributed by atoms with van der Waals surface area (Å²) >= 11 is 1.57. The molecule has 3 rings (SSSR count). The highest BCUT2D eigenvalue weighted by Gasteiger charge is 2.32. The van der Waals surface area contributed by atoms with Crippen LogP contribution in [-0.4, -0.2) is 27.2 Å². The average molecular weight is 315 g/mol. The second kappa shape index (κ2) is 5.93. The minimum atomic E-state index is -0.278. The summed E-state index contributed by atoms with van der Waals surface area (Å²) in [6, 6.07) is 13.6. The van der Waals surface area contributed by atoms with Crippen LogP contribution in [-0.2, 0) is 4.79 Å². The second-order valence-electron chi connectivity index (χ2n) is 4.98. The Hall–Kier alpha value is -2.14. The van der Waals surface area contributed by atoms with Crippen molar-refractivity contribution >= 4 is 23.4 Å². The highest BCUT2D eigenvalue weighted by atomic mass is 32.2. The van der Waals surface area contributed by atoms with Gasteiger partial charge in [-0.3, -0.25) is 4.79 Å². The van der Waals surface area contributed by atoms with Crippen LogP contribution in [0.5, 0.6) is 11.5 Å². The molecule has 22 heavy (non-hydrogen) atoms. The highest BCUT2D eigenvalue weighted by molar-refractivity contribution is 8.00. The molecule has 0 radical (unpaired) electrons. The van der Waals surface area contributed by atoms with Gasteiger partial charge in [0.1, 0.15) is 5.25 Å². The van der Waals surface area contributed by atoms with Crippen LogP contribution in [0.4, 0.5) is 5.69 Å². The van der Waals surface area contributed by atoms with Crippen molar-refractivity contribution in [2.75, 3.05) is 26.2 Å². The maximum absolute atomic E-state index is 12.7. The van der Waals surface area contributed by atoms with Crippen molar-refractivity contribution < 1.29 is 14.3 Å². The Morgan fingerprint density at radius 3 is 2.50 bits per heavy atom. The number of benzene rings is 2. The average Bonchev–Trinajstić information content (AvgIpc) is 2.57. The van der Waals surface area contributed by atoms with Gasteiger partial charge in [-0.2, -0.15) is 0 Å². The van der Waals surface area contributed by atoms with Crippen LogP contribution in [0.2, 0.25) is 0 Å². The molecular formula is C17H17NO3S. The van der Waals surface area contributed by atoms with Gasteiger partial charge in [0.25, 0.3) is 0 Å². The Kier molecular flexibility index (Phi) is 3.98. The molecule has 0 fully saturated rings. The second-order valence-corrected chi connectivity index (χ2v) is 6.12. The first kappa shape index (κ1) is 14.8. The Balaban J connectivity index is 2.01. The molecule has 1 aliphatic heterocycles. The molecule has 2 aromatic carbocycles. The number of hydrogen-bond donors (Lipinski definition) is 0. The van der Waals surface area contributed by atoms with Gasteiger partial charge in [-0.05, 0) is 29.8 Å². The molecule has 0 N–H and O–H groups in total. The molecule has 1 atom stereocenters. The van der Waals surface area contributed by atoms with E-state index >= 15 is 0 Å². The van der Waals surface area contributed by atoms with E-state index in [1.807, 2.05) is 49.5 Å². The first-order chi connectivity index (χ1) is 10.7. The minimum Gasteiger partial charge on any atom is -0.493 e. The summed E-state index contributed by atoms with van der Waals surface area (Å²) in [5, 5.41) is -0.278. The van der Waals surface area contributed by atoms with Gasteiger partial charge >= 0.3 is 0 Å². The summed E-state index contributed by atoms with van der Waals surface area (Å²) in [5.41, 5.74) is 1.86. The van der Waals surface area contributed by atoms with Gasteiger partial charge in [0.2, 0.25) is 5.91 Å². The van der Waals surface area contributed by atoms with Crippen molar-refractivity contribution in [3.63, 3.8) is 0 Å². The zero-order chi connectivity index (χ0) is 15.7. The third kappa shape index (κ3) is 2.41. The number of fused-ring (bicyclic) bond motifs is 1. The molecule has 0 saturated heterocycles. The topological polar surface area (TPSA) is 38.8 Å². The van der Waals surface area contributed by atoms with E-state index < -0.39 is 0 Å². The maximum Gasteiger partial charge on any atom is 0.244 e. The normalized spacial score (nSPS) is 17.1. The van der Waals surface area contributed by atoms with E-state index in [4.69, 9.17) is 9.47 Å². The lowest BCUT2D eigenvalue weighted by molar-refractivity contribution is -0.118. The van der Waals surface area contributed by atoms with Crippen molar-refractivity contribution in [2.45, 2.75) is 10.1 Å². The van der Waals surface area contributed by atoms with Gasteiger partial charge in [0.05, 0.1) is 19.9 Å². The van der Waals surface area contributed by atoms with Gasteiger partial charge in [0.15, 0.2) is 11.5 Å². The number of likely N-dealkylation sites (N-methyl/N-ethyl adjacent to an activating group) is 1. The summed E-state index contributed by atoms with van der Waals surface area (Å²) < 4.78 is 10.6. The Labute approximate surface area is 134 Å². The monoisotopic (exact) mass is 315 g/mol. The summed E-state index contributed by atoms with van der Waals surface area (Å²) in [4.78, 5) is 15.5. The van der Waals surface area contributed by atoms with Crippen molar-refractivity contribution in [1.29, 1.82) is 0 Å². The number of hydrogen-bond acceptors (Lipinski definition) is 4. The van der Waals surface area contributed by atoms with Crippen LogP contribution < -0.4 is 14.4 Å². The third-order valence-corrected chi connectivity index (χ3v) is 5.05. The largest absolute Gasteiger partial charge is 0.493 e. The highest BCUT2D eigenvalue weighted by Crippen LogP contribution is 2.47. The number of methoxy groups -OCH3 is 2. The number of nitrogens with zero attached hydrogens (tertiary/aromatic N) is 1. The molecule has 5 heteroatoms. The van der Waals surface area contributed by atoms with E-state index in [1.54, 1.807) is 30.9 Å². The lowest BCUT2D eigenvalue weighted by Gasteiger charge is -2.31. The van der Waals surface area contributed by atoms with E-state index in [1.165, 1.54) is 0 Å². The molecule has 1 aliphatic rings. The lowest BCUT2D eigenvalue weighted by atomic mass is 10.1. The summed E-state index contributed by atoms with van der Waals surface area (Å²) in [6.07, 6.45) is 0. The van der Waals surface area contributed by atoms with Crippen LogP contribution in [0.3, 0.4) is 0 Å². The van der Waals surface area contributed by atoms with Crippen LogP contribution in [0.1, 0.15) is 10.8 Å². The molecule has 0 aromatic heterocycles. The zero-order valence-corrected chi connectivity index (χ0v) is 13.5. The van der Waals surface area contributed by atoms with Gasteiger partial charge in [0, 0.05) is 11.9 Å². The van der Waals surface area contributed by atoms with E-state index in [0.717, 1.165) is 16.1 Å². The van der Waals surface area contributed by atoms with Crippen LogP contribution in [0.15, 0.2) is 47.4 Å². The predicted octanol–water partition coefficient (Wildman–Crippen LogP) is 3.51. The fourth-order valence-corrected chi connectivity index (χ4v) is 3.81. The van der Waals surface area contributed by atoms with Crippen LogP contribution >= 0.6 is 11.8 Å². The van der Waals surface area contributed by atoms with E-state index in [-0.39, 0.29) is 11.2 Å². The number of ether oxygens (including phenoxy) is 2. The smallest absolute Gasteiger partial charge is 0.244 e. The maximum atomic E-state index is 12.7. The summed E-state index contributed by atoms with van der Waals surface area (Å²) in [7, 11) is 5.01. The first-order valence-corrected chi connectivity index (χ1v) is 7.79. The molecule has 0 bridgehead atoms. The van der Waals surface area contributed by atoms with Crippen molar-refractivity contribution in [2.24, 2.45) is 0 Å².